The summed E-state index contributed by atoms with van der Waals surface area (Å²) in [6.45, 7) is 0. The van der Waals surface area contributed by atoms with Crippen molar-refractivity contribution in [3.8, 4) is 0 Å². The Kier molecular flexibility index (Phi) is 5.08. The fourth-order valence-corrected chi connectivity index (χ4v) is 3.91. The number of halogens is 5. The van der Waals surface area contributed by atoms with Gasteiger partial charge in [0.05, 0.1) is 5.38 Å². The van der Waals surface area contributed by atoms with E-state index in [1.54, 1.807) is 6.07 Å². The van der Waals surface area contributed by atoms with E-state index < -0.39 is 0 Å². The lowest BCUT2D eigenvalue weighted by atomic mass is 10.0. The third kappa shape index (κ3) is 3.26. The van der Waals surface area contributed by atoms with Gasteiger partial charge in [0.2, 0.25) is 0 Å². The van der Waals surface area contributed by atoms with Crippen LogP contribution in [0.2, 0.25) is 0 Å². The van der Waals surface area contributed by atoms with E-state index in [-0.39, 0.29) is 11.2 Å². The van der Waals surface area contributed by atoms with Gasteiger partial charge >= 0.3 is 0 Å². The number of rotatable bonds is 2. The molecule has 1 atom stereocenters. The van der Waals surface area contributed by atoms with Crippen molar-refractivity contribution in [2.24, 2.45) is 0 Å². The van der Waals surface area contributed by atoms with Crippen molar-refractivity contribution in [2.45, 2.75) is 5.38 Å². The average molecular weight is 504 g/mol. The predicted octanol–water partition coefficient (Wildman–Crippen LogP) is 6.28. The van der Waals surface area contributed by atoms with E-state index in [9.17, 15) is 4.39 Å². The highest BCUT2D eigenvalue weighted by Crippen LogP contribution is 2.37. The van der Waals surface area contributed by atoms with Gasteiger partial charge in [0.1, 0.15) is 5.82 Å². The molecule has 1 unspecified atom stereocenters. The Morgan fingerprint density at radius 1 is 1.06 bits per heavy atom. The summed E-state index contributed by atoms with van der Waals surface area (Å²) >= 11 is 15.5. The largest absolute Gasteiger partial charge is 0.207 e. The highest BCUT2D eigenvalue weighted by Gasteiger charge is 2.17. The van der Waals surface area contributed by atoms with Crippen LogP contribution in [0.3, 0.4) is 0 Å². The van der Waals surface area contributed by atoms with Crippen molar-refractivity contribution in [3.05, 3.63) is 65.9 Å². The Morgan fingerprint density at radius 2 is 1.78 bits per heavy atom. The number of hydrogen-bond donors (Lipinski definition) is 0. The molecule has 0 amide bonds. The normalized spacial score (nSPS) is 12.5. The second-order valence-corrected chi connectivity index (χ2v) is 7.06. The van der Waals surface area contributed by atoms with Gasteiger partial charge in [-0.3, -0.25) is 0 Å². The highest BCUT2D eigenvalue weighted by atomic mass is 127. The van der Waals surface area contributed by atoms with Crippen molar-refractivity contribution >= 4 is 66.1 Å². The summed E-state index contributed by atoms with van der Waals surface area (Å²) in [5, 5.41) is -0.315. The zero-order valence-corrected chi connectivity index (χ0v) is 15.0. The van der Waals surface area contributed by atoms with Crippen LogP contribution in [0, 0.1) is 9.39 Å². The summed E-state index contributed by atoms with van der Waals surface area (Å²) in [6, 6.07) is 10.5. The molecule has 2 rings (SSSR count). The minimum absolute atomic E-state index is 0.250. The molecule has 0 aliphatic carbocycles. The molecule has 0 saturated heterocycles. The van der Waals surface area contributed by atoms with Crippen molar-refractivity contribution in [1.82, 2.24) is 0 Å². The van der Waals surface area contributed by atoms with E-state index in [1.807, 2.05) is 18.2 Å². The standard InChI is InChI=1S/C13H7Br2ClFI/c14-7-1-4-11(15)10(5-7)13(16)9-3-2-8(17)6-12(9)18/h1-6,13H. The van der Waals surface area contributed by atoms with Crippen LogP contribution in [-0.2, 0) is 0 Å². The van der Waals surface area contributed by atoms with E-state index in [0.717, 1.165) is 23.6 Å². The Bertz CT molecular complexity index is 589. The fourth-order valence-electron chi connectivity index (χ4n) is 1.58. The predicted molar refractivity (Wildman–Crippen MR) is 88.7 cm³/mol. The number of alkyl halides is 1. The molecule has 0 nitrogen and oxygen atoms in total. The van der Waals surface area contributed by atoms with E-state index in [4.69, 9.17) is 11.6 Å². The maximum Gasteiger partial charge on any atom is 0.124 e. The molecule has 0 bridgehead atoms. The minimum Gasteiger partial charge on any atom is -0.207 e. The van der Waals surface area contributed by atoms with Crippen LogP contribution in [0.4, 0.5) is 4.39 Å². The van der Waals surface area contributed by atoms with E-state index in [0.29, 0.717) is 0 Å². The molecule has 0 radical (unpaired) electrons. The van der Waals surface area contributed by atoms with Crippen LogP contribution >= 0.6 is 66.1 Å². The second kappa shape index (κ2) is 6.20. The van der Waals surface area contributed by atoms with Gasteiger partial charge in [-0.25, -0.2) is 4.39 Å². The Balaban J connectivity index is 2.47. The van der Waals surface area contributed by atoms with Crippen molar-refractivity contribution in [2.75, 3.05) is 0 Å². The smallest absolute Gasteiger partial charge is 0.124 e. The van der Waals surface area contributed by atoms with Crippen molar-refractivity contribution < 1.29 is 4.39 Å². The Hall–Kier alpha value is 0.350. The topological polar surface area (TPSA) is 0 Å². The van der Waals surface area contributed by atoms with Crippen molar-refractivity contribution in [3.63, 3.8) is 0 Å². The molecule has 0 spiro atoms. The monoisotopic (exact) mass is 502 g/mol. The molecule has 2 aromatic carbocycles. The van der Waals surface area contributed by atoms with Gasteiger partial charge < -0.3 is 0 Å². The fraction of sp³-hybridized carbons (Fsp3) is 0.0769. The molecule has 0 aliphatic rings. The van der Waals surface area contributed by atoms with Gasteiger partial charge in [-0.15, -0.1) is 11.6 Å². The molecule has 18 heavy (non-hydrogen) atoms. The molecule has 0 aliphatic heterocycles. The van der Waals surface area contributed by atoms with Crippen LogP contribution in [0.1, 0.15) is 16.5 Å². The lowest BCUT2D eigenvalue weighted by Crippen LogP contribution is -1.98. The molecule has 5 heteroatoms. The van der Waals surface area contributed by atoms with Gasteiger partial charge in [-0.1, -0.05) is 37.9 Å². The van der Waals surface area contributed by atoms with Gasteiger partial charge in [0.25, 0.3) is 0 Å². The summed E-state index contributed by atoms with van der Waals surface area (Å²) < 4.78 is 15.8. The minimum atomic E-state index is -0.315. The van der Waals surface area contributed by atoms with Crippen LogP contribution < -0.4 is 0 Å². The van der Waals surface area contributed by atoms with E-state index >= 15 is 0 Å². The number of hydrogen-bond acceptors (Lipinski definition) is 0. The molecule has 2 aromatic rings. The average Bonchev–Trinajstić information content (AvgIpc) is 2.31. The van der Waals surface area contributed by atoms with Gasteiger partial charge in [0.15, 0.2) is 0 Å². The zero-order chi connectivity index (χ0) is 13.3. The first-order valence-electron chi connectivity index (χ1n) is 5.03. The molecule has 0 aromatic heterocycles. The lowest BCUT2D eigenvalue weighted by molar-refractivity contribution is 0.626. The molecular weight excluding hydrogens is 497 g/mol. The summed E-state index contributed by atoms with van der Waals surface area (Å²) in [5.41, 5.74) is 1.85. The van der Waals surface area contributed by atoms with Crippen LogP contribution in [-0.4, -0.2) is 0 Å². The third-order valence-electron chi connectivity index (χ3n) is 2.47. The van der Waals surface area contributed by atoms with E-state index in [2.05, 4.69) is 54.5 Å². The highest BCUT2D eigenvalue weighted by molar-refractivity contribution is 14.1. The van der Waals surface area contributed by atoms with Crippen LogP contribution in [0.15, 0.2) is 45.3 Å². The Morgan fingerprint density at radius 3 is 2.44 bits per heavy atom. The summed E-state index contributed by atoms with van der Waals surface area (Å²) in [4.78, 5) is 0. The van der Waals surface area contributed by atoms with Crippen LogP contribution in [0.5, 0.6) is 0 Å². The van der Waals surface area contributed by atoms with Gasteiger partial charge in [-0.2, -0.15) is 0 Å². The maximum absolute atomic E-state index is 13.1. The third-order valence-corrected chi connectivity index (χ3v) is 5.09. The molecule has 94 valence electrons. The SMILES string of the molecule is Fc1ccc(C(Cl)c2cc(Br)ccc2Br)c(I)c1. The zero-order valence-electron chi connectivity index (χ0n) is 8.93. The summed E-state index contributed by atoms with van der Waals surface area (Å²) in [5.74, 6) is -0.250. The van der Waals surface area contributed by atoms with Gasteiger partial charge in [-0.05, 0) is 64.0 Å². The maximum atomic E-state index is 13.1. The molecule has 0 fully saturated rings. The first-order valence-corrected chi connectivity index (χ1v) is 8.13. The molecular formula is C13H7Br2ClFI. The lowest BCUT2D eigenvalue weighted by Gasteiger charge is -2.14. The quantitative estimate of drug-likeness (QED) is 0.334. The first-order chi connectivity index (χ1) is 8.49. The van der Waals surface area contributed by atoms with Crippen molar-refractivity contribution in [1.29, 1.82) is 0 Å². The second-order valence-electron chi connectivity index (χ2n) is 3.69. The molecule has 0 heterocycles. The van der Waals surface area contributed by atoms with E-state index in [1.165, 1.54) is 12.1 Å². The Labute approximate surface area is 140 Å². The summed E-state index contributed by atoms with van der Waals surface area (Å²) in [6.07, 6.45) is 0. The first kappa shape index (κ1) is 14.8. The summed E-state index contributed by atoms with van der Waals surface area (Å²) in [7, 11) is 0. The van der Waals surface area contributed by atoms with Gasteiger partial charge in [0, 0.05) is 12.5 Å². The van der Waals surface area contributed by atoms with Crippen LogP contribution in [0.25, 0.3) is 0 Å². The molecule has 0 saturated carbocycles. The number of benzene rings is 2. The molecule has 0 N–H and O–H groups in total.